The van der Waals surface area contributed by atoms with Gasteiger partial charge in [0.15, 0.2) is 0 Å². The van der Waals surface area contributed by atoms with Crippen molar-refractivity contribution >= 4 is 11.8 Å². The summed E-state index contributed by atoms with van der Waals surface area (Å²) in [5.74, 6) is 1.83. The molecule has 0 bridgehead atoms. The summed E-state index contributed by atoms with van der Waals surface area (Å²) in [5.41, 5.74) is 7.74. The molecule has 0 saturated carbocycles. The quantitative estimate of drug-likeness (QED) is 0.816. The van der Waals surface area contributed by atoms with Crippen molar-refractivity contribution in [3.05, 3.63) is 23.8 Å². The Bertz CT molecular complexity index is 509. The molecule has 1 aromatic carbocycles. The zero-order valence-electron chi connectivity index (χ0n) is 13.4. The topological polar surface area (TPSA) is 75.8 Å². The maximum absolute atomic E-state index is 10.9. The lowest BCUT2D eigenvalue weighted by Gasteiger charge is -2.30. The van der Waals surface area contributed by atoms with Crippen molar-refractivity contribution in [1.82, 2.24) is 4.90 Å². The Morgan fingerprint density at radius 2 is 2.09 bits per heavy atom. The number of anilines is 1. The molecule has 2 rings (SSSR count). The zero-order chi connectivity index (χ0) is 16.1. The summed E-state index contributed by atoms with van der Waals surface area (Å²) in [6.45, 7) is 6.20. The van der Waals surface area contributed by atoms with Crippen LogP contribution in [0.4, 0.5) is 10.5 Å². The van der Waals surface area contributed by atoms with Gasteiger partial charge in [-0.15, -0.1) is 0 Å². The van der Waals surface area contributed by atoms with Crippen LogP contribution in [0.15, 0.2) is 18.2 Å². The molecule has 1 fully saturated rings. The van der Waals surface area contributed by atoms with Crippen molar-refractivity contribution in [2.45, 2.75) is 39.0 Å². The van der Waals surface area contributed by atoms with Crippen LogP contribution < -0.4 is 10.5 Å². The van der Waals surface area contributed by atoms with E-state index in [4.69, 9.17) is 15.6 Å². The van der Waals surface area contributed by atoms with Crippen molar-refractivity contribution < 1.29 is 14.6 Å². The number of hydrogen-bond acceptors (Lipinski definition) is 3. The number of nitrogens with zero attached hydrogens (tertiary/aromatic N) is 1. The fraction of sp³-hybridized carbons (Fsp3) is 0.588. The molecule has 0 unspecified atom stereocenters. The molecule has 1 amide bonds. The van der Waals surface area contributed by atoms with E-state index in [0.717, 1.165) is 36.3 Å². The van der Waals surface area contributed by atoms with Crippen LogP contribution in [0, 0.1) is 5.92 Å². The van der Waals surface area contributed by atoms with E-state index in [9.17, 15) is 4.79 Å². The summed E-state index contributed by atoms with van der Waals surface area (Å²) in [5, 5.41) is 8.95. The monoisotopic (exact) mass is 306 g/mol. The number of carbonyl (C=O) groups is 1. The largest absolute Gasteiger partial charge is 0.493 e. The number of benzene rings is 1. The maximum atomic E-state index is 10.9. The van der Waals surface area contributed by atoms with Gasteiger partial charge in [0.05, 0.1) is 6.61 Å². The van der Waals surface area contributed by atoms with Crippen molar-refractivity contribution in [3.8, 4) is 5.75 Å². The van der Waals surface area contributed by atoms with Gasteiger partial charge in [0.1, 0.15) is 5.75 Å². The van der Waals surface area contributed by atoms with E-state index in [1.165, 1.54) is 4.90 Å². The smallest absolute Gasteiger partial charge is 0.407 e. The molecular weight excluding hydrogens is 280 g/mol. The van der Waals surface area contributed by atoms with Crippen LogP contribution in [-0.2, 0) is 0 Å². The summed E-state index contributed by atoms with van der Waals surface area (Å²) in [6.07, 6.45) is 2.01. The molecule has 3 N–H and O–H groups in total. The number of nitrogens with two attached hydrogens (primary N) is 1. The lowest BCUT2D eigenvalue weighted by molar-refractivity contribution is 0.119. The normalized spacial score (nSPS) is 16.0. The SMILES string of the molecule is CC(C)c1cc(N)ccc1OCCC1CCN(C(=O)O)CC1. The Balaban J connectivity index is 1.81. The van der Waals surface area contributed by atoms with Crippen LogP contribution in [0.1, 0.15) is 44.6 Å². The summed E-state index contributed by atoms with van der Waals surface area (Å²) >= 11 is 0. The molecule has 5 heteroatoms. The van der Waals surface area contributed by atoms with Crippen LogP contribution in [0.3, 0.4) is 0 Å². The van der Waals surface area contributed by atoms with E-state index >= 15 is 0 Å². The molecule has 1 saturated heterocycles. The fourth-order valence-corrected chi connectivity index (χ4v) is 2.90. The molecule has 5 nitrogen and oxygen atoms in total. The highest BCUT2D eigenvalue weighted by molar-refractivity contribution is 5.64. The molecule has 0 radical (unpaired) electrons. The molecule has 0 aliphatic carbocycles. The van der Waals surface area contributed by atoms with Gasteiger partial charge in [0.25, 0.3) is 0 Å². The van der Waals surface area contributed by atoms with E-state index in [0.29, 0.717) is 31.5 Å². The first-order valence-corrected chi connectivity index (χ1v) is 7.97. The first kappa shape index (κ1) is 16.5. The van der Waals surface area contributed by atoms with Gasteiger partial charge >= 0.3 is 6.09 Å². The zero-order valence-corrected chi connectivity index (χ0v) is 13.4. The summed E-state index contributed by atoms with van der Waals surface area (Å²) < 4.78 is 5.94. The molecule has 1 aromatic rings. The highest BCUT2D eigenvalue weighted by Gasteiger charge is 2.22. The number of hydrogen-bond donors (Lipinski definition) is 2. The highest BCUT2D eigenvalue weighted by atomic mass is 16.5. The molecule has 0 aromatic heterocycles. The van der Waals surface area contributed by atoms with E-state index in [-0.39, 0.29) is 0 Å². The Morgan fingerprint density at radius 3 is 2.68 bits per heavy atom. The number of ether oxygens (including phenoxy) is 1. The second kappa shape index (κ2) is 7.38. The van der Waals surface area contributed by atoms with E-state index in [2.05, 4.69) is 13.8 Å². The second-order valence-electron chi connectivity index (χ2n) is 6.30. The van der Waals surface area contributed by atoms with Gasteiger partial charge < -0.3 is 20.5 Å². The van der Waals surface area contributed by atoms with Crippen LogP contribution in [0.25, 0.3) is 0 Å². The number of likely N-dealkylation sites (tertiary alicyclic amines) is 1. The van der Waals surface area contributed by atoms with Crippen LogP contribution in [0.2, 0.25) is 0 Å². The third-order valence-electron chi connectivity index (χ3n) is 4.32. The van der Waals surface area contributed by atoms with Gasteiger partial charge in [0.2, 0.25) is 0 Å². The van der Waals surface area contributed by atoms with Gasteiger partial charge in [0, 0.05) is 18.8 Å². The van der Waals surface area contributed by atoms with Crippen LogP contribution in [-0.4, -0.2) is 35.8 Å². The van der Waals surface area contributed by atoms with E-state index in [1.807, 2.05) is 18.2 Å². The van der Waals surface area contributed by atoms with E-state index in [1.54, 1.807) is 0 Å². The second-order valence-corrected chi connectivity index (χ2v) is 6.30. The molecule has 0 spiro atoms. The van der Waals surface area contributed by atoms with Crippen molar-refractivity contribution in [1.29, 1.82) is 0 Å². The maximum Gasteiger partial charge on any atom is 0.407 e. The summed E-state index contributed by atoms with van der Waals surface area (Å²) in [7, 11) is 0. The highest BCUT2D eigenvalue weighted by Crippen LogP contribution is 2.29. The lowest BCUT2D eigenvalue weighted by Crippen LogP contribution is -2.37. The molecule has 1 aliphatic rings. The van der Waals surface area contributed by atoms with Crippen molar-refractivity contribution in [2.24, 2.45) is 5.92 Å². The van der Waals surface area contributed by atoms with Gasteiger partial charge in [-0.05, 0) is 54.9 Å². The number of piperidine rings is 1. The Hall–Kier alpha value is -1.91. The van der Waals surface area contributed by atoms with E-state index < -0.39 is 6.09 Å². The first-order chi connectivity index (χ1) is 10.5. The Labute approximate surface area is 132 Å². The predicted molar refractivity (Wildman–Crippen MR) is 87.4 cm³/mol. The summed E-state index contributed by atoms with van der Waals surface area (Å²) in [6, 6.07) is 5.79. The summed E-state index contributed by atoms with van der Waals surface area (Å²) in [4.78, 5) is 12.4. The Kier molecular flexibility index (Phi) is 5.52. The minimum absolute atomic E-state index is 0.373. The molecule has 22 heavy (non-hydrogen) atoms. The molecule has 0 atom stereocenters. The number of nitrogen functional groups attached to an aromatic ring is 1. The standard InChI is InChI=1S/C17H26N2O3/c1-12(2)15-11-14(18)3-4-16(15)22-10-7-13-5-8-19(9-6-13)17(20)21/h3-4,11-13H,5-10,18H2,1-2H3,(H,20,21). The third kappa shape index (κ3) is 4.29. The first-order valence-electron chi connectivity index (χ1n) is 7.97. The molecular formula is C17H26N2O3. The molecule has 1 heterocycles. The number of amides is 1. The van der Waals surface area contributed by atoms with Crippen molar-refractivity contribution in [3.63, 3.8) is 0 Å². The Morgan fingerprint density at radius 1 is 1.41 bits per heavy atom. The number of carboxylic acid groups (broad SMARTS) is 1. The average Bonchev–Trinajstić information content (AvgIpc) is 2.49. The lowest BCUT2D eigenvalue weighted by atomic mass is 9.94. The number of rotatable bonds is 5. The fourth-order valence-electron chi connectivity index (χ4n) is 2.90. The van der Waals surface area contributed by atoms with Gasteiger partial charge in [-0.2, -0.15) is 0 Å². The van der Waals surface area contributed by atoms with Gasteiger partial charge in [-0.25, -0.2) is 4.79 Å². The third-order valence-corrected chi connectivity index (χ3v) is 4.32. The molecule has 122 valence electrons. The predicted octanol–water partition coefficient (Wildman–Crippen LogP) is 3.55. The molecule has 1 aliphatic heterocycles. The minimum atomic E-state index is -0.807. The van der Waals surface area contributed by atoms with Gasteiger partial charge in [-0.3, -0.25) is 0 Å². The minimum Gasteiger partial charge on any atom is -0.493 e. The van der Waals surface area contributed by atoms with Crippen molar-refractivity contribution in [2.75, 3.05) is 25.4 Å². The average molecular weight is 306 g/mol. The van der Waals surface area contributed by atoms with Gasteiger partial charge in [-0.1, -0.05) is 13.8 Å². The van der Waals surface area contributed by atoms with Crippen LogP contribution in [0.5, 0.6) is 5.75 Å². The van der Waals surface area contributed by atoms with Crippen LogP contribution >= 0.6 is 0 Å².